The van der Waals surface area contributed by atoms with Crippen molar-refractivity contribution in [2.45, 2.75) is 6.18 Å². The molecule has 0 atom stereocenters. The third-order valence-electron chi connectivity index (χ3n) is 2.69. The van der Waals surface area contributed by atoms with E-state index in [9.17, 15) is 13.2 Å². The summed E-state index contributed by atoms with van der Waals surface area (Å²) < 4.78 is 37.3. The van der Waals surface area contributed by atoms with Gasteiger partial charge in [-0.25, -0.2) is 0 Å². The molecule has 2 aromatic rings. The van der Waals surface area contributed by atoms with Crippen LogP contribution in [0.3, 0.4) is 0 Å². The number of nitriles is 1. The van der Waals surface area contributed by atoms with Crippen LogP contribution in [0, 0.1) is 11.3 Å². The van der Waals surface area contributed by atoms with Gasteiger partial charge in [0.2, 0.25) is 0 Å². The van der Waals surface area contributed by atoms with Crippen LogP contribution in [0.1, 0.15) is 5.56 Å². The average molecular weight is 352 g/mol. The number of hydrogen-bond acceptors (Lipinski definition) is 4. The van der Waals surface area contributed by atoms with Crippen LogP contribution in [-0.4, -0.2) is 5.84 Å². The van der Waals surface area contributed by atoms with E-state index in [2.05, 4.69) is 20.8 Å². The van der Waals surface area contributed by atoms with Crippen molar-refractivity contribution in [3.05, 3.63) is 59.1 Å². The molecule has 0 aliphatic carbocycles. The number of rotatable bonds is 3. The molecule has 2 rings (SSSR count). The summed E-state index contributed by atoms with van der Waals surface area (Å²) in [6.07, 6.45) is -4.42. The van der Waals surface area contributed by atoms with Crippen molar-refractivity contribution in [3.8, 4) is 6.07 Å². The molecule has 9 heteroatoms. The van der Waals surface area contributed by atoms with E-state index in [1.807, 2.05) is 0 Å². The van der Waals surface area contributed by atoms with Gasteiger partial charge in [-0.05, 0) is 48.5 Å². The number of nitrogens with one attached hydrogen (secondary N) is 1. The maximum atomic E-state index is 12.4. The summed E-state index contributed by atoms with van der Waals surface area (Å²) in [5.74, 6) is -0.287. The SMILES string of the molecule is N#CC(N=Nc1ccc(C(F)(F)F)cc1)=NNc1ccc(Cl)cc1. The molecule has 122 valence electrons. The smallest absolute Gasteiger partial charge is 0.276 e. The van der Waals surface area contributed by atoms with E-state index >= 15 is 0 Å². The molecule has 0 aliphatic rings. The van der Waals surface area contributed by atoms with Crippen molar-refractivity contribution in [1.82, 2.24) is 0 Å². The fraction of sp³-hybridized carbons (Fsp3) is 0.0667. The van der Waals surface area contributed by atoms with Crippen LogP contribution in [0.4, 0.5) is 24.5 Å². The highest BCUT2D eigenvalue weighted by Crippen LogP contribution is 2.30. The molecule has 24 heavy (non-hydrogen) atoms. The summed E-state index contributed by atoms with van der Waals surface area (Å²) in [5.41, 5.74) is 2.55. The zero-order valence-corrected chi connectivity index (χ0v) is 12.7. The molecule has 2 aromatic carbocycles. The van der Waals surface area contributed by atoms with Crippen molar-refractivity contribution in [3.63, 3.8) is 0 Å². The van der Waals surface area contributed by atoms with Crippen LogP contribution in [0.25, 0.3) is 0 Å². The Morgan fingerprint density at radius 3 is 2.21 bits per heavy atom. The van der Waals surface area contributed by atoms with Gasteiger partial charge >= 0.3 is 6.18 Å². The van der Waals surface area contributed by atoms with E-state index in [1.165, 1.54) is 0 Å². The average Bonchev–Trinajstić information content (AvgIpc) is 2.56. The number of anilines is 1. The third-order valence-corrected chi connectivity index (χ3v) is 2.94. The first-order valence-corrected chi connectivity index (χ1v) is 6.84. The lowest BCUT2D eigenvalue weighted by Crippen LogP contribution is -2.03. The van der Waals surface area contributed by atoms with Gasteiger partial charge in [0.25, 0.3) is 5.84 Å². The predicted octanol–water partition coefficient (Wildman–Crippen LogP) is 5.39. The Morgan fingerprint density at radius 1 is 1.04 bits per heavy atom. The predicted molar refractivity (Wildman–Crippen MR) is 84.1 cm³/mol. The van der Waals surface area contributed by atoms with Crippen LogP contribution >= 0.6 is 11.6 Å². The second kappa shape index (κ2) is 7.57. The largest absolute Gasteiger partial charge is 0.416 e. The van der Waals surface area contributed by atoms with Gasteiger partial charge in [-0.3, -0.25) is 5.43 Å². The lowest BCUT2D eigenvalue weighted by atomic mass is 10.2. The van der Waals surface area contributed by atoms with E-state index in [1.54, 1.807) is 30.3 Å². The molecule has 0 amide bonds. The molecule has 0 bridgehead atoms. The maximum absolute atomic E-state index is 12.4. The first-order chi connectivity index (χ1) is 11.4. The van der Waals surface area contributed by atoms with Crippen molar-refractivity contribution < 1.29 is 13.2 Å². The van der Waals surface area contributed by atoms with Crippen molar-refractivity contribution in [1.29, 1.82) is 5.26 Å². The van der Waals surface area contributed by atoms with E-state index in [4.69, 9.17) is 16.9 Å². The third kappa shape index (κ3) is 5.07. The second-order valence-electron chi connectivity index (χ2n) is 4.41. The lowest BCUT2D eigenvalue weighted by Gasteiger charge is -2.05. The minimum Gasteiger partial charge on any atom is -0.276 e. The topological polar surface area (TPSA) is 72.9 Å². The van der Waals surface area contributed by atoms with Crippen LogP contribution in [0.2, 0.25) is 5.02 Å². The number of amidine groups is 1. The fourth-order valence-corrected chi connectivity index (χ4v) is 1.66. The normalized spacial score (nSPS) is 12.2. The highest BCUT2D eigenvalue weighted by atomic mass is 35.5. The molecule has 0 unspecified atom stereocenters. The number of alkyl halides is 3. The molecule has 0 radical (unpaired) electrons. The van der Waals surface area contributed by atoms with E-state index in [0.29, 0.717) is 10.7 Å². The number of azo groups is 1. The summed E-state index contributed by atoms with van der Waals surface area (Å²) >= 11 is 5.74. The summed E-state index contributed by atoms with van der Waals surface area (Å²) in [6, 6.07) is 12.3. The van der Waals surface area contributed by atoms with Gasteiger partial charge in [-0.1, -0.05) is 11.6 Å². The number of hydrazone groups is 1. The van der Waals surface area contributed by atoms with E-state index in [-0.39, 0.29) is 11.5 Å². The minimum absolute atomic E-state index is 0.164. The van der Waals surface area contributed by atoms with Gasteiger partial charge in [-0.2, -0.15) is 18.4 Å². The quantitative estimate of drug-likeness (QED) is 0.348. The minimum atomic E-state index is -4.42. The molecule has 0 saturated carbocycles. The van der Waals surface area contributed by atoms with Gasteiger partial charge in [0.15, 0.2) is 0 Å². The highest BCUT2D eigenvalue weighted by Gasteiger charge is 2.29. The van der Waals surface area contributed by atoms with Gasteiger partial charge in [0, 0.05) is 5.02 Å². The zero-order valence-electron chi connectivity index (χ0n) is 11.9. The molecule has 5 nitrogen and oxygen atoms in total. The first-order valence-electron chi connectivity index (χ1n) is 6.47. The lowest BCUT2D eigenvalue weighted by molar-refractivity contribution is -0.137. The Morgan fingerprint density at radius 2 is 1.67 bits per heavy atom. The summed E-state index contributed by atoms with van der Waals surface area (Å²) in [6.45, 7) is 0. The van der Waals surface area contributed by atoms with Gasteiger partial charge in [0.05, 0.1) is 16.9 Å². The van der Waals surface area contributed by atoms with Crippen LogP contribution < -0.4 is 5.43 Å². The van der Waals surface area contributed by atoms with Crippen molar-refractivity contribution in [2.24, 2.45) is 15.3 Å². The highest BCUT2D eigenvalue weighted by molar-refractivity contribution is 6.30. The van der Waals surface area contributed by atoms with Crippen LogP contribution in [0.5, 0.6) is 0 Å². The number of hydrogen-bond donors (Lipinski definition) is 1. The second-order valence-corrected chi connectivity index (χ2v) is 4.85. The molecule has 0 aromatic heterocycles. The molecule has 1 N–H and O–H groups in total. The number of nitrogens with zero attached hydrogens (tertiary/aromatic N) is 4. The number of benzene rings is 2. The molecule has 0 heterocycles. The molecule has 0 fully saturated rings. The molecular formula is C15H9ClF3N5. The van der Waals surface area contributed by atoms with Crippen LogP contribution in [-0.2, 0) is 6.18 Å². The van der Waals surface area contributed by atoms with E-state index < -0.39 is 11.7 Å². The van der Waals surface area contributed by atoms with Gasteiger partial charge in [0.1, 0.15) is 6.07 Å². The molecule has 0 saturated heterocycles. The van der Waals surface area contributed by atoms with Crippen molar-refractivity contribution >= 4 is 28.8 Å². The zero-order chi connectivity index (χ0) is 17.6. The monoisotopic (exact) mass is 351 g/mol. The summed E-state index contributed by atoms with van der Waals surface area (Å²) in [4.78, 5) is 0. The summed E-state index contributed by atoms with van der Waals surface area (Å²) in [7, 11) is 0. The van der Waals surface area contributed by atoms with Gasteiger partial charge in [-0.15, -0.1) is 15.3 Å². The maximum Gasteiger partial charge on any atom is 0.416 e. The Kier molecular flexibility index (Phi) is 5.50. The standard InChI is InChI=1S/C15H9ClF3N5/c16-11-3-7-13(8-4-11)22-24-14(9-20)23-21-12-5-1-10(2-6-12)15(17,18)19/h1-8,22H. The molecular weight excluding hydrogens is 343 g/mol. The Hall–Kier alpha value is -2.92. The first kappa shape index (κ1) is 17.4. The summed E-state index contributed by atoms with van der Waals surface area (Å²) in [5, 5.41) is 20.5. The van der Waals surface area contributed by atoms with Gasteiger partial charge < -0.3 is 0 Å². The Bertz CT molecular complexity index is 790. The Labute approximate surface area is 140 Å². The van der Waals surface area contributed by atoms with Crippen LogP contribution in [0.15, 0.2) is 63.9 Å². The Balaban J connectivity index is 2.06. The molecule has 0 spiro atoms. The molecule has 0 aliphatic heterocycles. The number of halogens is 4. The van der Waals surface area contributed by atoms with Crippen molar-refractivity contribution in [2.75, 3.05) is 5.43 Å². The van der Waals surface area contributed by atoms with E-state index in [0.717, 1.165) is 24.3 Å². The fourth-order valence-electron chi connectivity index (χ4n) is 1.53.